The van der Waals surface area contributed by atoms with E-state index in [-0.39, 0.29) is 11.8 Å². The maximum atomic E-state index is 11.1. The van der Waals surface area contributed by atoms with E-state index in [0.717, 1.165) is 11.8 Å². The summed E-state index contributed by atoms with van der Waals surface area (Å²) >= 11 is 0. The fraction of sp³-hybridized carbons (Fsp3) is 0.909. The van der Waals surface area contributed by atoms with Crippen LogP contribution in [0.4, 0.5) is 0 Å². The number of hydrogen-bond donors (Lipinski definition) is 2. The normalized spacial score (nSPS) is 29.2. The molecular formula is C22H40N2O2. The molecule has 2 amide bonds. The standard InChI is InChI=1S/C22H40N2O2/c1-17(25)23-21-13-9-19(10-14-21)7-5-3-4-6-8-20-11-15-22(16-12-20)24-18(2)26/h19-22H,3-16H2,1-2H3,(H,23,25)(H,24,26). The molecule has 0 spiro atoms. The van der Waals surface area contributed by atoms with Crippen molar-refractivity contribution in [3.8, 4) is 0 Å². The Morgan fingerprint density at radius 1 is 0.615 bits per heavy atom. The number of carbonyl (C=O) groups excluding carboxylic acids is 2. The second-order valence-corrected chi connectivity index (χ2v) is 8.83. The molecule has 0 aliphatic heterocycles. The molecule has 0 aromatic heterocycles. The Morgan fingerprint density at radius 3 is 1.27 bits per heavy atom. The van der Waals surface area contributed by atoms with Crippen molar-refractivity contribution >= 4 is 11.8 Å². The van der Waals surface area contributed by atoms with Crippen LogP contribution in [0, 0.1) is 11.8 Å². The van der Waals surface area contributed by atoms with Crippen molar-refractivity contribution in [2.24, 2.45) is 11.8 Å². The second-order valence-electron chi connectivity index (χ2n) is 8.83. The van der Waals surface area contributed by atoms with Gasteiger partial charge in [0.05, 0.1) is 0 Å². The molecule has 2 saturated carbocycles. The molecule has 2 aliphatic rings. The lowest BCUT2D eigenvalue weighted by Gasteiger charge is -2.29. The van der Waals surface area contributed by atoms with E-state index in [2.05, 4.69) is 10.6 Å². The van der Waals surface area contributed by atoms with Crippen LogP contribution < -0.4 is 10.6 Å². The van der Waals surface area contributed by atoms with Crippen LogP contribution in [-0.2, 0) is 9.59 Å². The Balaban J connectivity index is 1.42. The van der Waals surface area contributed by atoms with E-state index < -0.39 is 0 Å². The zero-order chi connectivity index (χ0) is 18.8. The maximum absolute atomic E-state index is 11.1. The highest BCUT2D eigenvalue weighted by Gasteiger charge is 2.22. The second kappa shape index (κ2) is 11.6. The summed E-state index contributed by atoms with van der Waals surface area (Å²) in [5.74, 6) is 2.03. The monoisotopic (exact) mass is 364 g/mol. The van der Waals surface area contributed by atoms with Crippen LogP contribution in [0.25, 0.3) is 0 Å². The summed E-state index contributed by atoms with van der Waals surface area (Å²) in [4.78, 5) is 22.2. The Morgan fingerprint density at radius 2 is 0.962 bits per heavy atom. The highest BCUT2D eigenvalue weighted by atomic mass is 16.2. The number of unbranched alkanes of at least 4 members (excludes halogenated alkanes) is 3. The number of rotatable bonds is 9. The zero-order valence-electron chi connectivity index (χ0n) is 17.0. The third-order valence-electron chi connectivity index (χ3n) is 6.48. The lowest BCUT2D eigenvalue weighted by Crippen LogP contribution is -2.36. The van der Waals surface area contributed by atoms with Crippen LogP contribution in [0.1, 0.15) is 104 Å². The molecule has 26 heavy (non-hydrogen) atoms. The fourth-order valence-corrected chi connectivity index (χ4v) is 4.99. The number of hydrogen-bond acceptors (Lipinski definition) is 2. The minimum absolute atomic E-state index is 0.122. The van der Waals surface area contributed by atoms with E-state index in [1.54, 1.807) is 13.8 Å². The lowest BCUT2D eigenvalue weighted by molar-refractivity contribution is -0.120. The summed E-state index contributed by atoms with van der Waals surface area (Å²) < 4.78 is 0. The van der Waals surface area contributed by atoms with Crippen molar-refractivity contribution in [2.45, 2.75) is 116 Å². The minimum Gasteiger partial charge on any atom is -0.354 e. The summed E-state index contributed by atoms with van der Waals surface area (Å²) in [6, 6.07) is 0.869. The quantitative estimate of drug-likeness (QED) is 0.582. The summed E-state index contributed by atoms with van der Waals surface area (Å²) in [6.07, 6.45) is 18.2. The Labute approximate surface area is 160 Å². The van der Waals surface area contributed by atoms with Crippen molar-refractivity contribution in [1.82, 2.24) is 10.6 Å². The predicted octanol–water partition coefficient (Wildman–Crippen LogP) is 4.72. The van der Waals surface area contributed by atoms with Crippen LogP contribution in [-0.4, -0.2) is 23.9 Å². The van der Waals surface area contributed by atoms with Gasteiger partial charge in [-0.3, -0.25) is 9.59 Å². The molecule has 0 radical (unpaired) electrons. The highest BCUT2D eigenvalue weighted by molar-refractivity contribution is 5.73. The van der Waals surface area contributed by atoms with Gasteiger partial charge in [-0.05, 0) is 63.2 Å². The Hall–Kier alpha value is -1.06. The number of nitrogens with one attached hydrogen (secondary N) is 2. The van der Waals surface area contributed by atoms with Crippen LogP contribution in [0.3, 0.4) is 0 Å². The molecule has 0 saturated heterocycles. The van der Waals surface area contributed by atoms with Gasteiger partial charge >= 0.3 is 0 Å². The molecular weight excluding hydrogens is 324 g/mol. The maximum Gasteiger partial charge on any atom is 0.217 e. The first-order chi connectivity index (χ1) is 12.5. The number of carbonyl (C=O) groups is 2. The van der Waals surface area contributed by atoms with Crippen LogP contribution in [0.15, 0.2) is 0 Å². The first kappa shape index (κ1) is 21.2. The van der Waals surface area contributed by atoms with Gasteiger partial charge in [0, 0.05) is 25.9 Å². The predicted molar refractivity (Wildman–Crippen MR) is 107 cm³/mol. The molecule has 4 nitrogen and oxygen atoms in total. The van der Waals surface area contributed by atoms with Crippen LogP contribution >= 0.6 is 0 Å². The molecule has 2 rings (SSSR count). The molecule has 0 unspecified atom stereocenters. The molecule has 2 fully saturated rings. The molecule has 150 valence electrons. The topological polar surface area (TPSA) is 58.2 Å². The highest BCUT2D eigenvalue weighted by Crippen LogP contribution is 2.30. The van der Waals surface area contributed by atoms with Crippen molar-refractivity contribution in [3.63, 3.8) is 0 Å². The van der Waals surface area contributed by atoms with Crippen molar-refractivity contribution in [2.75, 3.05) is 0 Å². The molecule has 2 N–H and O–H groups in total. The van der Waals surface area contributed by atoms with Gasteiger partial charge in [-0.15, -0.1) is 0 Å². The van der Waals surface area contributed by atoms with Gasteiger partial charge in [-0.1, -0.05) is 38.5 Å². The minimum atomic E-state index is 0.122. The smallest absolute Gasteiger partial charge is 0.217 e. The van der Waals surface area contributed by atoms with Gasteiger partial charge < -0.3 is 10.6 Å². The SMILES string of the molecule is CC(=O)NC1CCC(CCCCCCC2CCC(NC(C)=O)CC2)CC1. The molecule has 0 bridgehead atoms. The Kier molecular flexibility index (Phi) is 9.49. The third-order valence-corrected chi connectivity index (χ3v) is 6.48. The molecule has 2 aliphatic carbocycles. The van der Waals surface area contributed by atoms with Crippen molar-refractivity contribution in [3.05, 3.63) is 0 Å². The first-order valence-corrected chi connectivity index (χ1v) is 11.1. The van der Waals surface area contributed by atoms with Gasteiger partial charge in [0.15, 0.2) is 0 Å². The summed E-state index contributed by atoms with van der Waals surface area (Å²) in [5.41, 5.74) is 0. The van der Waals surface area contributed by atoms with Crippen LogP contribution in [0.2, 0.25) is 0 Å². The van der Waals surface area contributed by atoms with Crippen molar-refractivity contribution in [1.29, 1.82) is 0 Å². The average molecular weight is 365 g/mol. The van der Waals surface area contributed by atoms with E-state index >= 15 is 0 Å². The molecule has 0 atom stereocenters. The summed E-state index contributed by atoms with van der Waals surface area (Å²) in [5, 5.41) is 6.14. The van der Waals surface area contributed by atoms with Crippen molar-refractivity contribution < 1.29 is 9.59 Å². The number of amides is 2. The third kappa shape index (κ3) is 8.55. The van der Waals surface area contributed by atoms with E-state index in [1.807, 2.05) is 0 Å². The molecule has 0 heterocycles. The largest absolute Gasteiger partial charge is 0.354 e. The van der Waals surface area contributed by atoms with E-state index in [9.17, 15) is 9.59 Å². The first-order valence-electron chi connectivity index (χ1n) is 11.1. The zero-order valence-corrected chi connectivity index (χ0v) is 17.0. The Bertz CT molecular complexity index is 382. The molecule has 0 aromatic rings. The fourth-order valence-electron chi connectivity index (χ4n) is 4.99. The summed E-state index contributed by atoms with van der Waals surface area (Å²) in [7, 11) is 0. The lowest BCUT2D eigenvalue weighted by atomic mass is 9.82. The van der Waals surface area contributed by atoms with E-state index in [4.69, 9.17) is 0 Å². The average Bonchev–Trinajstić information content (AvgIpc) is 2.60. The van der Waals surface area contributed by atoms with Gasteiger partial charge in [0.2, 0.25) is 11.8 Å². The van der Waals surface area contributed by atoms with Gasteiger partial charge in [0.1, 0.15) is 0 Å². The molecule has 4 heteroatoms. The van der Waals surface area contributed by atoms with Gasteiger partial charge in [-0.25, -0.2) is 0 Å². The van der Waals surface area contributed by atoms with Gasteiger partial charge in [-0.2, -0.15) is 0 Å². The molecule has 0 aromatic carbocycles. The van der Waals surface area contributed by atoms with E-state index in [0.29, 0.717) is 12.1 Å². The van der Waals surface area contributed by atoms with E-state index in [1.165, 1.54) is 89.9 Å². The van der Waals surface area contributed by atoms with Crippen LogP contribution in [0.5, 0.6) is 0 Å². The van der Waals surface area contributed by atoms with Gasteiger partial charge in [0.25, 0.3) is 0 Å². The summed E-state index contributed by atoms with van der Waals surface area (Å²) in [6.45, 7) is 3.25.